The standard InChI is InChI=1S/C16H10ClN3O/c17-12-3-1-2-10-4-7-15(19-16(10)12)20-9-18-13-8-11(21)5-6-14(13)20/h1-9,21H. The number of imidazole rings is 1. The second-order valence-electron chi connectivity index (χ2n) is 4.77. The molecule has 0 atom stereocenters. The molecule has 4 rings (SSSR count). The van der Waals surface area contributed by atoms with Gasteiger partial charge in [0.25, 0.3) is 0 Å². The van der Waals surface area contributed by atoms with Crippen LogP contribution >= 0.6 is 11.6 Å². The van der Waals surface area contributed by atoms with Gasteiger partial charge in [-0.2, -0.15) is 0 Å². The van der Waals surface area contributed by atoms with Crippen LogP contribution in [0.2, 0.25) is 5.02 Å². The van der Waals surface area contributed by atoms with E-state index >= 15 is 0 Å². The molecule has 102 valence electrons. The number of hydrogen-bond acceptors (Lipinski definition) is 3. The topological polar surface area (TPSA) is 50.9 Å². The van der Waals surface area contributed by atoms with E-state index in [9.17, 15) is 5.11 Å². The molecule has 0 saturated carbocycles. The molecule has 21 heavy (non-hydrogen) atoms. The third kappa shape index (κ3) is 1.92. The fraction of sp³-hybridized carbons (Fsp3) is 0. The van der Waals surface area contributed by atoms with Crippen LogP contribution in [0.5, 0.6) is 5.75 Å². The molecule has 0 fully saturated rings. The number of fused-ring (bicyclic) bond motifs is 2. The lowest BCUT2D eigenvalue weighted by Crippen LogP contribution is -1.96. The van der Waals surface area contributed by atoms with Crippen molar-refractivity contribution < 1.29 is 5.11 Å². The average Bonchev–Trinajstić information content (AvgIpc) is 2.90. The van der Waals surface area contributed by atoms with Gasteiger partial charge in [0.15, 0.2) is 0 Å². The van der Waals surface area contributed by atoms with Gasteiger partial charge in [-0.05, 0) is 30.3 Å². The minimum atomic E-state index is 0.197. The number of aromatic hydroxyl groups is 1. The summed E-state index contributed by atoms with van der Waals surface area (Å²) in [5, 5.41) is 11.1. The largest absolute Gasteiger partial charge is 0.508 e. The quantitative estimate of drug-likeness (QED) is 0.579. The predicted molar refractivity (Wildman–Crippen MR) is 83.0 cm³/mol. The number of para-hydroxylation sites is 1. The van der Waals surface area contributed by atoms with Crippen molar-refractivity contribution in [1.82, 2.24) is 14.5 Å². The zero-order chi connectivity index (χ0) is 14.4. The summed E-state index contributed by atoms with van der Waals surface area (Å²) >= 11 is 6.21. The molecule has 5 heteroatoms. The highest BCUT2D eigenvalue weighted by molar-refractivity contribution is 6.35. The van der Waals surface area contributed by atoms with Crippen LogP contribution in [0.1, 0.15) is 0 Å². The molecule has 0 bridgehead atoms. The Balaban J connectivity index is 1.98. The highest BCUT2D eigenvalue weighted by atomic mass is 35.5. The van der Waals surface area contributed by atoms with Gasteiger partial charge in [-0.15, -0.1) is 0 Å². The lowest BCUT2D eigenvalue weighted by atomic mass is 10.2. The summed E-state index contributed by atoms with van der Waals surface area (Å²) < 4.78 is 1.87. The molecule has 0 spiro atoms. The molecule has 0 aliphatic rings. The van der Waals surface area contributed by atoms with E-state index in [4.69, 9.17) is 11.6 Å². The molecular weight excluding hydrogens is 286 g/mol. The molecule has 0 amide bonds. The van der Waals surface area contributed by atoms with Gasteiger partial charge < -0.3 is 5.11 Å². The molecule has 0 saturated heterocycles. The molecule has 4 aromatic rings. The number of rotatable bonds is 1. The first-order chi connectivity index (χ1) is 10.2. The number of benzene rings is 2. The molecule has 0 aliphatic carbocycles. The van der Waals surface area contributed by atoms with Gasteiger partial charge in [-0.1, -0.05) is 23.7 Å². The monoisotopic (exact) mass is 295 g/mol. The Labute approximate surface area is 125 Å². The third-order valence-corrected chi connectivity index (χ3v) is 3.74. The van der Waals surface area contributed by atoms with Gasteiger partial charge in [0.05, 0.1) is 21.6 Å². The Hall–Kier alpha value is -2.59. The number of nitrogens with zero attached hydrogens (tertiary/aromatic N) is 3. The van der Waals surface area contributed by atoms with E-state index in [0.29, 0.717) is 5.02 Å². The third-order valence-electron chi connectivity index (χ3n) is 3.43. The summed E-state index contributed by atoms with van der Waals surface area (Å²) in [5.41, 5.74) is 2.36. The summed E-state index contributed by atoms with van der Waals surface area (Å²) in [4.78, 5) is 8.91. The molecule has 0 aliphatic heterocycles. The lowest BCUT2D eigenvalue weighted by molar-refractivity contribution is 0.476. The van der Waals surface area contributed by atoms with Crippen molar-refractivity contribution in [3.05, 3.63) is 59.9 Å². The van der Waals surface area contributed by atoms with E-state index in [2.05, 4.69) is 9.97 Å². The van der Waals surface area contributed by atoms with Crippen molar-refractivity contribution in [1.29, 1.82) is 0 Å². The molecule has 2 heterocycles. The molecule has 0 unspecified atom stereocenters. The Kier molecular flexibility index (Phi) is 2.59. The zero-order valence-electron chi connectivity index (χ0n) is 10.9. The molecule has 2 aromatic carbocycles. The molecular formula is C16H10ClN3O. The maximum Gasteiger partial charge on any atom is 0.139 e. The number of aromatic nitrogens is 3. The predicted octanol–water partition coefficient (Wildman–Crippen LogP) is 3.93. The van der Waals surface area contributed by atoms with Gasteiger partial charge in [-0.25, -0.2) is 9.97 Å². The van der Waals surface area contributed by atoms with Gasteiger partial charge in [0, 0.05) is 11.5 Å². The molecule has 4 nitrogen and oxygen atoms in total. The molecule has 1 N–H and O–H groups in total. The SMILES string of the molecule is Oc1ccc2c(c1)ncn2-c1ccc2cccc(Cl)c2n1. The van der Waals surface area contributed by atoms with Crippen LogP contribution in [0.3, 0.4) is 0 Å². The fourth-order valence-corrected chi connectivity index (χ4v) is 2.64. The number of phenolic OH excluding ortho intramolecular Hbond substituents is 1. The minimum Gasteiger partial charge on any atom is -0.508 e. The van der Waals surface area contributed by atoms with E-state index in [0.717, 1.165) is 27.8 Å². The zero-order valence-corrected chi connectivity index (χ0v) is 11.6. The van der Waals surface area contributed by atoms with Crippen LogP contribution in [0.15, 0.2) is 54.9 Å². The van der Waals surface area contributed by atoms with Crippen molar-refractivity contribution in [2.45, 2.75) is 0 Å². The summed E-state index contributed by atoms with van der Waals surface area (Å²) in [5.74, 6) is 0.936. The van der Waals surface area contributed by atoms with E-state index in [1.54, 1.807) is 18.5 Å². The first-order valence-corrected chi connectivity index (χ1v) is 6.82. The minimum absolute atomic E-state index is 0.197. The van der Waals surface area contributed by atoms with E-state index in [-0.39, 0.29) is 5.75 Å². The van der Waals surface area contributed by atoms with Crippen LogP contribution in [0, 0.1) is 0 Å². The van der Waals surface area contributed by atoms with Crippen LogP contribution in [-0.2, 0) is 0 Å². The van der Waals surface area contributed by atoms with Gasteiger partial charge in [-0.3, -0.25) is 4.57 Å². The summed E-state index contributed by atoms with van der Waals surface area (Å²) in [7, 11) is 0. The number of halogens is 1. The summed E-state index contributed by atoms with van der Waals surface area (Å²) in [6, 6.07) is 14.7. The Morgan fingerprint density at radius 2 is 1.95 bits per heavy atom. The smallest absolute Gasteiger partial charge is 0.139 e. The molecule has 0 radical (unpaired) electrons. The first kappa shape index (κ1) is 12.2. The lowest BCUT2D eigenvalue weighted by Gasteiger charge is -2.06. The van der Waals surface area contributed by atoms with Crippen molar-refractivity contribution >= 4 is 33.5 Å². The van der Waals surface area contributed by atoms with E-state index in [1.165, 1.54) is 0 Å². The maximum absolute atomic E-state index is 9.51. The van der Waals surface area contributed by atoms with Crippen LogP contribution in [0.4, 0.5) is 0 Å². The summed E-state index contributed by atoms with van der Waals surface area (Å²) in [6.45, 7) is 0. The number of pyridine rings is 1. The average molecular weight is 296 g/mol. The number of phenols is 1. The summed E-state index contributed by atoms with van der Waals surface area (Å²) in [6.07, 6.45) is 1.69. The van der Waals surface area contributed by atoms with Crippen LogP contribution < -0.4 is 0 Å². The van der Waals surface area contributed by atoms with Gasteiger partial charge in [0.1, 0.15) is 17.9 Å². The normalized spacial score (nSPS) is 11.3. The molecule has 2 aromatic heterocycles. The highest BCUT2D eigenvalue weighted by Crippen LogP contribution is 2.25. The fourth-order valence-electron chi connectivity index (χ4n) is 2.42. The van der Waals surface area contributed by atoms with Crippen molar-refractivity contribution in [3.63, 3.8) is 0 Å². The van der Waals surface area contributed by atoms with Crippen molar-refractivity contribution in [2.24, 2.45) is 0 Å². The van der Waals surface area contributed by atoms with E-state index < -0.39 is 0 Å². The Bertz CT molecular complexity index is 978. The van der Waals surface area contributed by atoms with Gasteiger partial charge in [0.2, 0.25) is 0 Å². The Morgan fingerprint density at radius 3 is 2.86 bits per heavy atom. The Morgan fingerprint density at radius 1 is 1.05 bits per heavy atom. The highest BCUT2D eigenvalue weighted by Gasteiger charge is 2.08. The first-order valence-electron chi connectivity index (χ1n) is 6.44. The van der Waals surface area contributed by atoms with Gasteiger partial charge >= 0.3 is 0 Å². The van der Waals surface area contributed by atoms with Crippen molar-refractivity contribution in [3.8, 4) is 11.6 Å². The number of hydrogen-bond donors (Lipinski definition) is 1. The maximum atomic E-state index is 9.51. The van der Waals surface area contributed by atoms with Crippen LogP contribution in [0.25, 0.3) is 27.8 Å². The van der Waals surface area contributed by atoms with Crippen LogP contribution in [-0.4, -0.2) is 19.6 Å². The van der Waals surface area contributed by atoms with E-state index in [1.807, 2.05) is 41.0 Å². The second-order valence-corrected chi connectivity index (χ2v) is 5.18. The van der Waals surface area contributed by atoms with Crippen molar-refractivity contribution in [2.75, 3.05) is 0 Å². The second kappa shape index (κ2) is 4.46.